The molecule has 26 heavy (non-hydrogen) atoms. The molecule has 0 bridgehead atoms. The fraction of sp³-hybridized carbons (Fsp3) is 0.389. The Balaban J connectivity index is 1.70. The first kappa shape index (κ1) is 17.8. The molecule has 1 atom stereocenters. The second kappa shape index (κ2) is 7.07. The minimum absolute atomic E-state index is 0.0276. The number of piperazine rings is 1. The van der Waals surface area contributed by atoms with E-state index >= 15 is 0 Å². The summed E-state index contributed by atoms with van der Waals surface area (Å²) >= 11 is 0. The van der Waals surface area contributed by atoms with E-state index in [0.29, 0.717) is 18.9 Å². The van der Waals surface area contributed by atoms with E-state index in [1.165, 1.54) is 4.68 Å². The Labute approximate surface area is 152 Å². The Morgan fingerprint density at radius 2 is 2.00 bits per heavy atom. The summed E-state index contributed by atoms with van der Waals surface area (Å²) < 4.78 is 6.61. The molecule has 1 unspecified atom stereocenters. The monoisotopic (exact) mass is 357 g/mol. The smallest absolute Gasteiger partial charge is 0.249 e. The molecule has 2 amide bonds. The Morgan fingerprint density at radius 3 is 2.58 bits per heavy atom. The zero-order chi connectivity index (χ0) is 18.8. The van der Waals surface area contributed by atoms with Crippen molar-refractivity contribution in [2.75, 3.05) is 30.8 Å². The number of hydrogen-bond acceptors (Lipinski definition) is 5. The summed E-state index contributed by atoms with van der Waals surface area (Å²) in [5, 5.41) is 4.20. The number of carbonyl (C=O) groups excluding carboxylic acids is 2. The average Bonchev–Trinajstić information content (AvgIpc) is 2.94. The van der Waals surface area contributed by atoms with E-state index < -0.39 is 6.04 Å². The largest absolute Gasteiger partial charge is 0.497 e. The van der Waals surface area contributed by atoms with Crippen LogP contribution in [0.25, 0.3) is 0 Å². The second-order valence-electron chi connectivity index (χ2n) is 6.32. The number of amides is 2. The maximum atomic E-state index is 12.8. The van der Waals surface area contributed by atoms with Gasteiger partial charge in [0.25, 0.3) is 0 Å². The van der Waals surface area contributed by atoms with Gasteiger partial charge in [-0.2, -0.15) is 5.10 Å². The number of hydrogen-bond donors (Lipinski definition) is 1. The van der Waals surface area contributed by atoms with Crippen LogP contribution >= 0.6 is 0 Å². The summed E-state index contributed by atoms with van der Waals surface area (Å²) in [5.74, 6) is 0.885. The number of aryl methyl sites for hydroxylation is 1. The first-order valence-electron chi connectivity index (χ1n) is 8.45. The van der Waals surface area contributed by atoms with E-state index in [1.54, 1.807) is 29.9 Å². The van der Waals surface area contributed by atoms with Crippen molar-refractivity contribution in [2.24, 2.45) is 0 Å². The fourth-order valence-corrected chi connectivity index (χ4v) is 3.14. The van der Waals surface area contributed by atoms with E-state index in [-0.39, 0.29) is 18.4 Å². The Bertz CT molecular complexity index is 815. The van der Waals surface area contributed by atoms with Gasteiger partial charge in [0.1, 0.15) is 24.2 Å². The minimum Gasteiger partial charge on any atom is -0.497 e. The molecule has 1 aromatic carbocycles. The summed E-state index contributed by atoms with van der Waals surface area (Å²) in [7, 11) is 1.60. The molecule has 1 fully saturated rings. The van der Waals surface area contributed by atoms with Gasteiger partial charge in [-0.15, -0.1) is 0 Å². The molecule has 138 valence electrons. The summed E-state index contributed by atoms with van der Waals surface area (Å²) in [6, 6.07) is 8.48. The summed E-state index contributed by atoms with van der Waals surface area (Å²) in [5.41, 5.74) is 7.39. The third kappa shape index (κ3) is 3.35. The average molecular weight is 357 g/mol. The molecule has 0 saturated carbocycles. The van der Waals surface area contributed by atoms with Crippen molar-refractivity contribution < 1.29 is 14.3 Å². The maximum absolute atomic E-state index is 12.8. The van der Waals surface area contributed by atoms with Gasteiger partial charge in [0.15, 0.2) is 0 Å². The quantitative estimate of drug-likeness (QED) is 0.883. The number of rotatable bonds is 4. The van der Waals surface area contributed by atoms with Crippen LogP contribution in [0.3, 0.4) is 0 Å². The third-order valence-electron chi connectivity index (χ3n) is 4.58. The molecule has 8 heteroatoms. The van der Waals surface area contributed by atoms with Crippen molar-refractivity contribution in [1.82, 2.24) is 14.7 Å². The summed E-state index contributed by atoms with van der Waals surface area (Å²) in [4.78, 5) is 28.7. The van der Waals surface area contributed by atoms with Gasteiger partial charge in [-0.25, -0.2) is 4.68 Å². The van der Waals surface area contributed by atoms with Gasteiger partial charge in [0, 0.05) is 24.8 Å². The minimum atomic E-state index is -0.545. The number of nitrogen functional groups attached to an aromatic ring is 1. The highest BCUT2D eigenvalue weighted by atomic mass is 16.5. The molecule has 1 aromatic heterocycles. The van der Waals surface area contributed by atoms with Crippen LogP contribution in [0, 0.1) is 6.92 Å². The molecule has 1 aliphatic rings. The van der Waals surface area contributed by atoms with Crippen LogP contribution in [0.4, 0.5) is 11.5 Å². The second-order valence-corrected chi connectivity index (χ2v) is 6.32. The predicted octanol–water partition coefficient (Wildman–Crippen LogP) is 1.05. The van der Waals surface area contributed by atoms with Crippen LogP contribution in [0.1, 0.15) is 12.6 Å². The van der Waals surface area contributed by atoms with E-state index in [2.05, 4.69) is 5.10 Å². The van der Waals surface area contributed by atoms with Crippen LogP contribution in [-0.2, 0) is 16.1 Å². The van der Waals surface area contributed by atoms with Crippen LogP contribution in [0.2, 0.25) is 0 Å². The molecule has 2 aromatic rings. The number of nitrogens with zero attached hydrogens (tertiary/aromatic N) is 4. The van der Waals surface area contributed by atoms with Gasteiger partial charge in [-0.05, 0) is 38.1 Å². The van der Waals surface area contributed by atoms with Gasteiger partial charge in [0.2, 0.25) is 11.8 Å². The zero-order valence-corrected chi connectivity index (χ0v) is 15.2. The lowest BCUT2D eigenvalue weighted by Crippen LogP contribution is -2.58. The highest BCUT2D eigenvalue weighted by Crippen LogP contribution is 2.23. The number of benzene rings is 1. The number of methoxy groups -OCH3 is 1. The molecule has 3 rings (SSSR count). The van der Waals surface area contributed by atoms with E-state index in [9.17, 15) is 9.59 Å². The molecule has 8 nitrogen and oxygen atoms in total. The molecule has 2 heterocycles. The molecular weight excluding hydrogens is 334 g/mol. The van der Waals surface area contributed by atoms with Crippen LogP contribution in [0.5, 0.6) is 5.75 Å². The molecule has 0 radical (unpaired) electrons. The van der Waals surface area contributed by atoms with Gasteiger partial charge < -0.3 is 20.3 Å². The van der Waals surface area contributed by atoms with Gasteiger partial charge in [-0.3, -0.25) is 9.59 Å². The third-order valence-corrected chi connectivity index (χ3v) is 4.58. The molecule has 2 N–H and O–H groups in total. The number of aromatic nitrogens is 2. The van der Waals surface area contributed by atoms with Crippen molar-refractivity contribution in [1.29, 1.82) is 0 Å². The zero-order valence-electron chi connectivity index (χ0n) is 15.2. The van der Waals surface area contributed by atoms with Gasteiger partial charge in [0.05, 0.1) is 12.8 Å². The highest BCUT2D eigenvalue weighted by molar-refractivity contribution is 6.00. The van der Waals surface area contributed by atoms with Crippen molar-refractivity contribution in [3.05, 3.63) is 36.0 Å². The highest BCUT2D eigenvalue weighted by Gasteiger charge is 2.35. The number of ether oxygens (including phenoxy) is 1. The molecule has 1 aliphatic heterocycles. The fourth-order valence-electron chi connectivity index (χ4n) is 3.14. The van der Waals surface area contributed by atoms with Crippen molar-refractivity contribution in [3.63, 3.8) is 0 Å². The lowest BCUT2D eigenvalue weighted by molar-refractivity contribution is -0.141. The maximum Gasteiger partial charge on any atom is 0.249 e. The van der Waals surface area contributed by atoms with Crippen molar-refractivity contribution in [2.45, 2.75) is 26.4 Å². The number of nitrogens with two attached hydrogens (primary N) is 1. The molecular formula is C18H23N5O3. The van der Waals surface area contributed by atoms with E-state index in [1.807, 2.05) is 31.2 Å². The SMILES string of the molecule is COc1ccc(N2CCN(C(=O)Cn3nc(C)cc3N)C(C)C2=O)cc1. The summed E-state index contributed by atoms with van der Waals surface area (Å²) in [6.45, 7) is 4.48. The molecule has 0 spiro atoms. The van der Waals surface area contributed by atoms with Crippen molar-refractivity contribution in [3.8, 4) is 5.75 Å². The molecule has 1 saturated heterocycles. The number of anilines is 2. The van der Waals surface area contributed by atoms with Gasteiger partial charge >= 0.3 is 0 Å². The lowest BCUT2D eigenvalue weighted by Gasteiger charge is -2.39. The Hall–Kier alpha value is -3.03. The summed E-state index contributed by atoms with van der Waals surface area (Å²) in [6.07, 6.45) is 0. The van der Waals surface area contributed by atoms with Crippen molar-refractivity contribution >= 4 is 23.3 Å². The van der Waals surface area contributed by atoms with E-state index in [4.69, 9.17) is 10.5 Å². The Kier molecular flexibility index (Phi) is 4.83. The molecule has 0 aliphatic carbocycles. The van der Waals surface area contributed by atoms with Crippen LogP contribution in [-0.4, -0.2) is 52.7 Å². The topological polar surface area (TPSA) is 93.7 Å². The van der Waals surface area contributed by atoms with Gasteiger partial charge in [-0.1, -0.05) is 0 Å². The Morgan fingerprint density at radius 1 is 1.31 bits per heavy atom. The normalized spacial score (nSPS) is 17.5. The number of carbonyl (C=O) groups is 2. The lowest BCUT2D eigenvalue weighted by atomic mass is 10.1. The first-order chi connectivity index (χ1) is 12.4. The predicted molar refractivity (Wildman–Crippen MR) is 97.9 cm³/mol. The van der Waals surface area contributed by atoms with Crippen LogP contribution in [0.15, 0.2) is 30.3 Å². The standard InChI is InChI=1S/C18H23N5O3/c1-12-10-16(19)23(20-12)11-17(24)21-8-9-22(18(25)13(21)2)14-4-6-15(26-3)7-5-14/h4-7,10,13H,8-9,11,19H2,1-3H3. The first-order valence-corrected chi connectivity index (χ1v) is 8.45. The van der Waals surface area contributed by atoms with Crippen LogP contribution < -0.4 is 15.4 Å². The van der Waals surface area contributed by atoms with E-state index in [0.717, 1.165) is 17.1 Å².